The monoisotopic (exact) mass is 461 g/mol. The minimum atomic E-state index is -0.201. The summed E-state index contributed by atoms with van der Waals surface area (Å²) in [7, 11) is 0. The highest BCUT2D eigenvalue weighted by molar-refractivity contribution is 7.99. The van der Waals surface area contributed by atoms with E-state index in [1.807, 2.05) is 25.1 Å². The number of carbonyl (C=O) groups excluding carboxylic acids is 1. The van der Waals surface area contributed by atoms with Crippen LogP contribution in [0.4, 0.5) is 5.82 Å². The van der Waals surface area contributed by atoms with Crippen LogP contribution in [0.5, 0.6) is 0 Å². The van der Waals surface area contributed by atoms with Gasteiger partial charge in [-0.2, -0.15) is 5.10 Å². The maximum Gasteiger partial charge on any atom is 0.250 e. The van der Waals surface area contributed by atoms with Crippen LogP contribution in [-0.2, 0) is 4.79 Å². The van der Waals surface area contributed by atoms with Gasteiger partial charge in [0.15, 0.2) is 5.16 Å². The molecule has 0 atom stereocenters. The molecule has 0 unspecified atom stereocenters. The first-order valence-corrected chi connectivity index (χ1v) is 12.2. The number of anilines is 1. The molecule has 0 spiro atoms. The molecule has 0 radical (unpaired) electrons. The van der Waals surface area contributed by atoms with Crippen LogP contribution in [0.1, 0.15) is 57.2 Å². The third kappa shape index (κ3) is 9.70. The second-order valence-electron chi connectivity index (χ2n) is 7.33. The van der Waals surface area contributed by atoms with Gasteiger partial charge in [-0.25, -0.2) is 15.4 Å². The third-order valence-electron chi connectivity index (χ3n) is 4.56. The Labute approximate surface area is 194 Å². The molecule has 31 heavy (non-hydrogen) atoms. The van der Waals surface area contributed by atoms with Gasteiger partial charge in [0.2, 0.25) is 0 Å². The summed E-state index contributed by atoms with van der Waals surface area (Å²) in [5.74, 6) is 0.944. The van der Waals surface area contributed by atoms with E-state index in [-0.39, 0.29) is 11.7 Å². The summed E-state index contributed by atoms with van der Waals surface area (Å²) in [5.41, 5.74) is 4.31. The van der Waals surface area contributed by atoms with Gasteiger partial charge >= 0.3 is 0 Å². The molecule has 0 saturated carbocycles. The molecular weight excluding hydrogens is 430 g/mol. The van der Waals surface area contributed by atoms with E-state index in [0.717, 1.165) is 49.4 Å². The number of hydrogen-bond donors (Lipinski definition) is 1. The zero-order valence-corrected chi connectivity index (χ0v) is 20.2. The van der Waals surface area contributed by atoms with Gasteiger partial charge in [-0.15, -0.1) is 0 Å². The lowest BCUT2D eigenvalue weighted by Gasteiger charge is -2.24. The number of benzene rings is 1. The predicted octanol–water partition coefficient (Wildman–Crippen LogP) is 5.48. The molecule has 2 aromatic rings. The third-order valence-corrected chi connectivity index (χ3v) is 5.66. The van der Waals surface area contributed by atoms with Crippen molar-refractivity contribution in [1.29, 1.82) is 0 Å². The van der Waals surface area contributed by atoms with Gasteiger partial charge in [0.05, 0.1) is 12.0 Å². The number of hydrazone groups is 1. The maximum absolute atomic E-state index is 12.1. The Balaban J connectivity index is 1.93. The van der Waals surface area contributed by atoms with E-state index in [2.05, 4.69) is 34.3 Å². The molecule has 8 heteroatoms. The molecule has 0 fully saturated rings. The topological polar surface area (TPSA) is 70.5 Å². The normalized spacial score (nSPS) is 11.1. The van der Waals surface area contributed by atoms with Crippen LogP contribution in [0.15, 0.2) is 40.6 Å². The van der Waals surface area contributed by atoms with E-state index in [1.54, 1.807) is 18.3 Å². The summed E-state index contributed by atoms with van der Waals surface area (Å²) in [6.45, 7) is 8.36. The van der Waals surface area contributed by atoms with Gasteiger partial charge in [-0.3, -0.25) is 4.79 Å². The first-order chi connectivity index (χ1) is 15.0. The smallest absolute Gasteiger partial charge is 0.250 e. The second-order valence-corrected chi connectivity index (χ2v) is 8.71. The SMILES string of the molecule is CCCCCN(CCCC)c1cc(C)nc(SCC(=O)NN=Cc2ccc(Cl)cc2)n1. The summed E-state index contributed by atoms with van der Waals surface area (Å²) >= 11 is 7.18. The maximum atomic E-state index is 12.1. The fourth-order valence-corrected chi connectivity index (χ4v) is 3.70. The largest absolute Gasteiger partial charge is 0.356 e. The van der Waals surface area contributed by atoms with Crippen LogP contribution in [0, 0.1) is 6.92 Å². The quantitative estimate of drug-likeness (QED) is 0.141. The van der Waals surface area contributed by atoms with Gasteiger partial charge in [0, 0.05) is 29.9 Å². The van der Waals surface area contributed by atoms with Crippen LogP contribution < -0.4 is 10.3 Å². The van der Waals surface area contributed by atoms with Crippen molar-refractivity contribution in [2.24, 2.45) is 5.10 Å². The molecular formula is C23H32ClN5OS. The molecule has 6 nitrogen and oxygen atoms in total. The number of aromatic nitrogens is 2. The highest BCUT2D eigenvalue weighted by atomic mass is 35.5. The predicted molar refractivity (Wildman–Crippen MR) is 131 cm³/mol. The van der Waals surface area contributed by atoms with Crippen molar-refractivity contribution in [3.05, 3.63) is 46.6 Å². The van der Waals surface area contributed by atoms with Crippen LogP contribution in [0.2, 0.25) is 5.02 Å². The number of aryl methyl sites for hydroxylation is 1. The molecule has 0 bridgehead atoms. The van der Waals surface area contributed by atoms with Crippen molar-refractivity contribution in [3.8, 4) is 0 Å². The van der Waals surface area contributed by atoms with Gasteiger partial charge in [0.1, 0.15) is 5.82 Å². The van der Waals surface area contributed by atoms with E-state index in [1.165, 1.54) is 24.6 Å². The second kappa shape index (κ2) is 14.0. The van der Waals surface area contributed by atoms with Crippen LogP contribution in [0.3, 0.4) is 0 Å². The lowest BCUT2D eigenvalue weighted by atomic mass is 10.2. The summed E-state index contributed by atoms with van der Waals surface area (Å²) in [6, 6.07) is 9.25. The van der Waals surface area contributed by atoms with Gasteiger partial charge in [-0.1, -0.05) is 68.6 Å². The van der Waals surface area contributed by atoms with E-state index >= 15 is 0 Å². The number of hydrogen-bond acceptors (Lipinski definition) is 6. The van der Waals surface area contributed by atoms with Gasteiger partial charge in [-0.05, 0) is 37.5 Å². The average molecular weight is 462 g/mol. The molecule has 0 saturated heterocycles. The summed E-state index contributed by atoms with van der Waals surface area (Å²) in [6.07, 6.45) is 7.42. The minimum Gasteiger partial charge on any atom is -0.356 e. The summed E-state index contributed by atoms with van der Waals surface area (Å²) in [4.78, 5) is 23.7. The lowest BCUT2D eigenvalue weighted by molar-refractivity contribution is -0.118. The standard InChI is InChI=1S/C23H32ClN5OS/c1-4-6-8-14-29(13-7-5-2)21-15-18(3)26-23(27-21)31-17-22(30)28-25-16-19-9-11-20(24)12-10-19/h9-12,15-16H,4-8,13-14,17H2,1-3H3,(H,28,30). The number of unbranched alkanes of at least 4 members (excludes halogenated alkanes) is 3. The Kier molecular flexibility index (Phi) is 11.4. The number of halogens is 1. The molecule has 2 rings (SSSR count). The number of nitrogens with zero attached hydrogens (tertiary/aromatic N) is 4. The van der Waals surface area contributed by atoms with E-state index in [4.69, 9.17) is 16.6 Å². The fraction of sp³-hybridized carbons (Fsp3) is 0.478. The van der Waals surface area contributed by atoms with Crippen molar-refractivity contribution < 1.29 is 4.79 Å². The Morgan fingerprint density at radius 1 is 1.13 bits per heavy atom. The van der Waals surface area contributed by atoms with Crippen LogP contribution in [0.25, 0.3) is 0 Å². The van der Waals surface area contributed by atoms with Crippen LogP contribution in [-0.4, -0.2) is 40.9 Å². The number of nitrogens with one attached hydrogen (secondary N) is 1. The Hall–Kier alpha value is -2.12. The average Bonchev–Trinajstić information content (AvgIpc) is 2.76. The molecule has 1 aromatic heterocycles. The molecule has 1 heterocycles. The molecule has 0 aliphatic rings. The number of amides is 1. The van der Waals surface area contributed by atoms with Gasteiger partial charge in [0.25, 0.3) is 5.91 Å². The summed E-state index contributed by atoms with van der Waals surface area (Å²) in [5, 5.41) is 5.27. The Morgan fingerprint density at radius 3 is 2.55 bits per heavy atom. The molecule has 168 valence electrons. The van der Waals surface area contributed by atoms with Crippen molar-refractivity contribution in [1.82, 2.24) is 15.4 Å². The van der Waals surface area contributed by atoms with Crippen molar-refractivity contribution >= 4 is 41.3 Å². The Morgan fingerprint density at radius 2 is 1.84 bits per heavy atom. The number of rotatable bonds is 13. The van der Waals surface area contributed by atoms with Crippen LogP contribution >= 0.6 is 23.4 Å². The first kappa shape index (κ1) is 25.1. The fourth-order valence-electron chi connectivity index (χ4n) is 2.88. The highest BCUT2D eigenvalue weighted by Crippen LogP contribution is 2.20. The number of thioether (sulfide) groups is 1. The minimum absolute atomic E-state index is 0.200. The molecule has 1 amide bonds. The zero-order valence-electron chi connectivity index (χ0n) is 18.6. The van der Waals surface area contributed by atoms with E-state index in [0.29, 0.717) is 10.2 Å². The molecule has 1 N–H and O–H groups in total. The van der Waals surface area contributed by atoms with Crippen molar-refractivity contribution in [2.45, 2.75) is 58.0 Å². The summed E-state index contributed by atoms with van der Waals surface area (Å²) < 4.78 is 0. The molecule has 0 aliphatic heterocycles. The molecule has 0 aliphatic carbocycles. The number of carbonyl (C=O) groups is 1. The highest BCUT2D eigenvalue weighted by Gasteiger charge is 2.12. The molecule has 1 aromatic carbocycles. The van der Waals surface area contributed by atoms with E-state index in [9.17, 15) is 4.79 Å². The Bertz CT molecular complexity index is 844. The zero-order chi connectivity index (χ0) is 22.5. The van der Waals surface area contributed by atoms with Gasteiger partial charge < -0.3 is 4.90 Å². The van der Waals surface area contributed by atoms with Crippen molar-refractivity contribution in [3.63, 3.8) is 0 Å². The van der Waals surface area contributed by atoms with Crippen molar-refractivity contribution in [2.75, 3.05) is 23.7 Å². The van der Waals surface area contributed by atoms with E-state index < -0.39 is 0 Å². The lowest BCUT2D eigenvalue weighted by Crippen LogP contribution is -2.27. The first-order valence-electron chi connectivity index (χ1n) is 10.8.